The van der Waals surface area contributed by atoms with Crippen molar-refractivity contribution < 1.29 is 0 Å². The Balaban J connectivity index is 1.10. The van der Waals surface area contributed by atoms with Gasteiger partial charge in [0.15, 0.2) is 5.82 Å². The molecule has 3 heteroatoms. The molecule has 9 aromatic rings. The van der Waals surface area contributed by atoms with Crippen molar-refractivity contribution in [1.82, 2.24) is 9.97 Å². The van der Waals surface area contributed by atoms with Gasteiger partial charge in [-0.15, -0.1) is 0 Å². The Hall–Kier alpha value is -6.68. The molecule has 2 nitrogen and oxygen atoms in total. The second-order valence-electron chi connectivity index (χ2n) is 14.2. The van der Waals surface area contributed by atoms with Gasteiger partial charge in [-0.2, -0.15) is 0 Å². The first-order chi connectivity index (χ1) is 26.7. The van der Waals surface area contributed by atoms with Crippen LogP contribution in [0.25, 0.3) is 89.2 Å². The van der Waals surface area contributed by atoms with E-state index in [0.29, 0.717) is 0 Å². The minimum absolute atomic E-state index is 0.760. The first kappa shape index (κ1) is 32.0. The van der Waals surface area contributed by atoms with E-state index in [4.69, 9.17) is 9.97 Å². The van der Waals surface area contributed by atoms with E-state index >= 15 is 0 Å². The number of benzene rings is 8. The third kappa shape index (κ3) is 5.67. The third-order valence-electron chi connectivity index (χ3n) is 10.9. The van der Waals surface area contributed by atoms with Crippen LogP contribution in [0.1, 0.15) is 0 Å². The summed E-state index contributed by atoms with van der Waals surface area (Å²) in [6, 6.07) is 69.9. The van der Waals surface area contributed by atoms with Crippen molar-refractivity contribution in [3.8, 4) is 78.4 Å². The fourth-order valence-corrected chi connectivity index (χ4v) is 10.9. The molecule has 0 spiro atoms. The summed E-state index contributed by atoms with van der Waals surface area (Å²) in [5, 5.41) is 5.31. The number of hydrogen-bond acceptors (Lipinski definition) is 2. The van der Waals surface area contributed by atoms with Crippen LogP contribution < -0.4 is 10.4 Å². The van der Waals surface area contributed by atoms with E-state index in [2.05, 4.69) is 201 Å². The lowest BCUT2D eigenvalue weighted by Gasteiger charge is -2.14. The first-order valence-corrected chi connectivity index (χ1v) is 21.0. The molecule has 1 aliphatic rings. The van der Waals surface area contributed by atoms with Crippen molar-refractivity contribution in [3.05, 3.63) is 194 Å². The number of nitrogens with zero attached hydrogens (tertiary/aromatic N) is 2. The Bertz CT molecular complexity index is 2770. The smallest absolute Gasteiger partial charge is 0.160 e. The van der Waals surface area contributed by atoms with Crippen LogP contribution in [0, 0.1) is 0 Å². The maximum atomic E-state index is 5.45. The summed E-state index contributed by atoms with van der Waals surface area (Å²) in [6.45, 7) is 2.43. The molecular formula is C51H36N2Si. The highest BCUT2D eigenvalue weighted by molar-refractivity contribution is 6.89. The first-order valence-electron chi connectivity index (χ1n) is 18.6. The predicted molar refractivity (Wildman–Crippen MR) is 230 cm³/mol. The summed E-state index contributed by atoms with van der Waals surface area (Å²) in [5.74, 6) is 0.760. The molecule has 1 aromatic heterocycles. The van der Waals surface area contributed by atoms with Gasteiger partial charge in [0.2, 0.25) is 0 Å². The van der Waals surface area contributed by atoms with Crippen LogP contribution in [0.4, 0.5) is 0 Å². The Morgan fingerprint density at radius 2 is 0.796 bits per heavy atom. The third-order valence-corrected chi connectivity index (χ3v) is 13.7. The van der Waals surface area contributed by atoms with Gasteiger partial charge in [0.25, 0.3) is 0 Å². The second-order valence-corrected chi connectivity index (χ2v) is 16.8. The van der Waals surface area contributed by atoms with Gasteiger partial charge in [0, 0.05) is 16.7 Å². The predicted octanol–water partition coefficient (Wildman–Crippen LogP) is 11.6. The van der Waals surface area contributed by atoms with Crippen LogP contribution in [0.5, 0.6) is 0 Å². The molecule has 0 saturated carbocycles. The molecule has 0 saturated heterocycles. The number of rotatable bonds is 6. The molecule has 254 valence electrons. The van der Waals surface area contributed by atoms with Crippen LogP contribution in [-0.2, 0) is 0 Å². The molecule has 0 bridgehead atoms. The molecule has 0 radical (unpaired) electrons. The zero-order valence-corrected chi connectivity index (χ0v) is 31.1. The van der Waals surface area contributed by atoms with E-state index in [9.17, 15) is 0 Å². The molecule has 10 rings (SSSR count). The molecule has 1 atom stereocenters. The van der Waals surface area contributed by atoms with Crippen molar-refractivity contribution in [2.45, 2.75) is 6.55 Å². The average molecular weight is 705 g/mol. The number of aromatic nitrogens is 2. The van der Waals surface area contributed by atoms with Crippen molar-refractivity contribution in [3.63, 3.8) is 0 Å². The van der Waals surface area contributed by atoms with Crippen LogP contribution in [0.2, 0.25) is 6.55 Å². The van der Waals surface area contributed by atoms with Gasteiger partial charge < -0.3 is 0 Å². The van der Waals surface area contributed by atoms with Gasteiger partial charge in [-0.3, -0.25) is 0 Å². The van der Waals surface area contributed by atoms with E-state index in [1.807, 2.05) is 0 Å². The van der Waals surface area contributed by atoms with E-state index in [1.54, 1.807) is 0 Å². The highest BCUT2D eigenvalue weighted by Crippen LogP contribution is 2.37. The monoisotopic (exact) mass is 704 g/mol. The minimum Gasteiger partial charge on any atom is -0.228 e. The summed E-state index contributed by atoms with van der Waals surface area (Å²) in [6.07, 6.45) is 0. The van der Waals surface area contributed by atoms with E-state index in [-0.39, 0.29) is 0 Å². The summed E-state index contributed by atoms with van der Waals surface area (Å²) < 4.78 is 0. The highest BCUT2D eigenvalue weighted by atomic mass is 28.3. The zero-order chi connectivity index (χ0) is 36.0. The average Bonchev–Trinajstić information content (AvgIpc) is 3.55. The lowest BCUT2D eigenvalue weighted by molar-refractivity contribution is 1.20. The molecule has 54 heavy (non-hydrogen) atoms. The van der Waals surface area contributed by atoms with Gasteiger partial charge >= 0.3 is 0 Å². The van der Waals surface area contributed by atoms with Gasteiger partial charge in [-0.05, 0) is 96.0 Å². The zero-order valence-electron chi connectivity index (χ0n) is 29.9. The molecule has 1 unspecified atom stereocenters. The van der Waals surface area contributed by atoms with Crippen LogP contribution in [0.3, 0.4) is 0 Å². The van der Waals surface area contributed by atoms with Crippen molar-refractivity contribution in [2.24, 2.45) is 0 Å². The normalized spacial score (nSPS) is 13.1. The van der Waals surface area contributed by atoms with Crippen LogP contribution in [0.15, 0.2) is 194 Å². The maximum absolute atomic E-state index is 5.45. The Morgan fingerprint density at radius 3 is 1.43 bits per heavy atom. The van der Waals surface area contributed by atoms with Crippen molar-refractivity contribution >= 4 is 29.9 Å². The molecule has 0 aliphatic carbocycles. The Labute approximate surface area is 317 Å². The Kier molecular flexibility index (Phi) is 7.93. The quantitative estimate of drug-likeness (QED) is 0.161. The molecular weight excluding hydrogens is 669 g/mol. The summed E-state index contributed by atoms with van der Waals surface area (Å²) in [7, 11) is -1.54. The summed E-state index contributed by atoms with van der Waals surface area (Å²) in [4.78, 5) is 10.9. The van der Waals surface area contributed by atoms with Gasteiger partial charge in [0.1, 0.15) is 8.80 Å². The van der Waals surface area contributed by atoms with Crippen molar-refractivity contribution in [1.29, 1.82) is 0 Å². The Morgan fingerprint density at radius 1 is 0.352 bits per heavy atom. The molecule has 2 heterocycles. The SMILES string of the molecule is C[SiH]1c2ccc3ccccc3c2-c2nc(-c3cccc(-c4cccc(-c5cc(-c6ccccc6)cc(-c6ccccc6)c5)c4)c3)nc(-c3ccccc3)c21. The van der Waals surface area contributed by atoms with E-state index < -0.39 is 8.80 Å². The molecule has 0 amide bonds. The maximum Gasteiger partial charge on any atom is 0.160 e. The molecule has 0 N–H and O–H groups in total. The van der Waals surface area contributed by atoms with Gasteiger partial charge in [0.05, 0.1) is 11.4 Å². The molecule has 8 aromatic carbocycles. The highest BCUT2D eigenvalue weighted by Gasteiger charge is 2.33. The fourth-order valence-electron chi connectivity index (χ4n) is 8.19. The van der Waals surface area contributed by atoms with E-state index in [1.165, 1.54) is 60.1 Å². The standard InChI is InChI=1S/C51H36N2Si/c1-54-46-28-27-36-19-11-12-26-45(36)47(46)49-50(54)48(37-20-9-4-10-21-37)52-51(53-49)41-25-14-23-39(30-41)38-22-13-24-40(29-38)44-32-42(34-15-5-2-6-16-34)31-43(33-44)35-17-7-3-8-18-35/h2-33,54H,1H3. The molecule has 0 fully saturated rings. The summed E-state index contributed by atoms with van der Waals surface area (Å²) in [5.41, 5.74) is 15.1. The minimum atomic E-state index is -1.54. The molecule has 1 aliphatic heterocycles. The lowest BCUT2D eigenvalue weighted by Crippen LogP contribution is -2.36. The second kappa shape index (κ2) is 13.4. The van der Waals surface area contributed by atoms with Gasteiger partial charge in [-0.1, -0.05) is 170 Å². The van der Waals surface area contributed by atoms with E-state index in [0.717, 1.165) is 39.5 Å². The van der Waals surface area contributed by atoms with Gasteiger partial charge in [-0.25, -0.2) is 9.97 Å². The lowest BCUT2D eigenvalue weighted by atomic mass is 9.92. The fraction of sp³-hybridized carbons (Fsp3) is 0.0196. The largest absolute Gasteiger partial charge is 0.228 e. The number of fused-ring (bicyclic) bond motifs is 5. The summed E-state index contributed by atoms with van der Waals surface area (Å²) >= 11 is 0. The number of hydrogen-bond donors (Lipinski definition) is 0. The van der Waals surface area contributed by atoms with Crippen LogP contribution >= 0.6 is 0 Å². The van der Waals surface area contributed by atoms with Crippen molar-refractivity contribution in [2.75, 3.05) is 0 Å². The topological polar surface area (TPSA) is 25.8 Å². The van der Waals surface area contributed by atoms with Crippen LogP contribution in [-0.4, -0.2) is 18.8 Å².